The summed E-state index contributed by atoms with van der Waals surface area (Å²) < 4.78 is 42.5. The Morgan fingerprint density at radius 1 is 0.268 bits per heavy atom. The average Bonchev–Trinajstić information content (AvgIpc) is 3.45. The molecule has 0 saturated carbocycles. The van der Waals surface area contributed by atoms with Crippen LogP contribution in [0.3, 0.4) is 0 Å². The van der Waals surface area contributed by atoms with Gasteiger partial charge in [0.2, 0.25) is 0 Å². The fourth-order valence-corrected chi connectivity index (χ4v) is 8.05. The molecule has 0 aliphatic heterocycles. The van der Waals surface area contributed by atoms with Crippen molar-refractivity contribution < 1.29 is 76.3 Å². The van der Waals surface area contributed by atoms with E-state index in [4.69, 9.17) is 37.9 Å². The zero-order valence-corrected chi connectivity index (χ0v) is 51.5. The summed E-state index contributed by atoms with van der Waals surface area (Å²) in [4.78, 5) is 106. The molecule has 0 aliphatic carbocycles. The van der Waals surface area contributed by atoms with E-state index in [1.165, 1.54) is 19.3 Å². The van der Waals surface area contributed by atoms with Crippen LogP contribution in [0.15, 0.2) is 36.5 Å². The minimum atomic E-state index is -0.474. The maximum absolute atomic E-state index is 12.8. The summed E-state index contributed by atoms with van der Waals surface area (Å²) in [5, 5.41) is 0. The van der Waals surface area contributed by atoms with Gasteiger partial charge in [0.05, 0.1) is 77.8 Å². The highest BCUT2D eigenvalue weighted by Crippen LogP contribution is 2.09. The lowest BCUT2D eigenvalue weighted by Crippen LogP contribution is -2.34. The fraction of sp³-hybridized carbons (Fsp3) is 0.778. The molecule has 19 heteroatoms. The first kappa shape index (κ1) is 76.9. The minimum absolute atomic E-state index is 0.0281. The molecule has 0 atom stereocenters. The number of carbonyl (C=O) groups is 8. The molecule has 0 N–H and O–H groups in total. The van der Waals surface area contributed by atoms with Crippen LogP contribution in [0.5, 0.6) is 0 Å². The maximum atomic E-state index is 12.8. The smallest absolute Gasteiger partial charge is 0.309 e. The molecule has 19 nitrogen and oxygen atoms in total. The van der Waals surface area contributed by atoms with Crippen LogP contribution in [0.1, 0.15) is 207 Å². The van der Waals surface area contributed by atoms with Gasteiger partial charge in [-0.3, -0.25) is 38.4 Å². The van der Waals surface area contributed by atoms with Gasteiger partial charge in [-0.25, -0.2) is 0 Å². The fourth-order valence-electron chi connectivity index (χ4n) is 8.05. The van der Waals surface area contributed by atoms with Crippen molar-refractivity contribution in [2.45, 2.75) is 207 Å². The third-order valence-electron chi connectivity index (χ3n) is 12.9. The highest BCUT2D eigenvalue weighted by Gasteiger charge is 2.17. The maximum Gasteiger partial charge on any atom is 0.309 e. The van der Waals surface area contributed by atoms with Crippen LogP contribution < -0.4 is 0 Å². The molecule has 0 amide bonds. The summed E-state index contributed by atoms with van der Waals surface area (Å²) in [5.41, 5.74) is 0. The van der Waals surface area contributed by atoms with Crippen molar-refractivity contribution in [3.8, 4) is 0 Å². The molecule has 82 heavy (non-hydrogen) atoms. The molecule has 0 aromatic carbocycles. The van der Waals surface area contributed by atoms with Gasteiger partial charge in [-0.1, -0.05) is 96.3 Å². The molecule has 472 valence electrons. The summed E-state index contributed by atoms with van der Waals surface area (Å²) in [7, 11) is 1.98. The third kappa shape index (κ3) is 54.1. The van der Waals surface area contributed by atoms with Crippen LogP contribution in [0.4, 0.5) is 0 Å². The van der Waals surface area contributed by atoms with E-state index in [2.05, 4.69) is 69.1 Å². The number of nitrogens with zero attached hydrogens (tertiary/aromatic N) is 3. The number of hydrogen-bond acceptors (Lipinski definition) is 19. The van der Waals surface area contributed by atoms with E-state index in [1.54, 1.807) is 0 Å². The Bertz CT molecular complexity index is 1700. The van der Waals surface area contributed by atoms with E-state index in [9.17, 15) is 38.4 Å². The lowest BCUT2D eigenvalue weighted by molar-refractivity contribution is -0.152. The van der Waals surface area contributed by atoms with Gasteiger partial charge in [0.25, 0.3) is 0 Å². The summed E-state index contributed by atoms with van der Waals surface area (Å²) >= 11 is 0. The predicted molar refractivity (Wildman–Crippen MR) is 317 cm³/mol. The topological polar surface area (TPSA) is 220 Å². The van der Waals surface area contributed by atoms with E-state index in [1.807, 2.05) is 16.8 Å². The van der Waals surface area contributed by atoms with Crippen molar-refractivity contribution in [2.24, 2.45) is 0 Å². The molecule has 0 radical (unpaired) electrons. The Kier molecular flexibility index (Phi) is 54.1. The Labute approximate surface area is 493 Å². The number of hydrogen-bond donors (Lipinski definition) is 0. The van der Waals surface area contributed by atoms with Crippen molar-refractivity contribution in [3.63, 3.8) is 0 Å². The molecule has 0 rings (SSSR count). The number of esters is 8. The van der Waals surface area contributed by atoms with E-state index in [0.717, 1.165) is 96.3 Å². The van der Waals surface area contributed by atoms with Crippen LogP contribution in [0.2, 0.25) is 0 Å². The van der Waals surface area contributed by atoms with Crippen LogP contribution in [-0.2, 0) is 76.3 Å². The third-order valence-corrected chi connectivity index (χ3v) is 12.9. The van der Waals surface area contributed by atoms with Gasteiger partial charge in [-0.05, 0) is 130 Å². The predicted octanol–water partition coefficient (Wildman–Crippen LogP) is 10.5. The lowest BCUT2D eigenvalue weighted by Gasteiger charge is -2.25. The number of unbranched alkanes of at least 4 members (excludes halogenated alkanes) is 11. The Morgan fingerprint density at radius 2 is 0.524 bits per heavy atom. The van der Waals surface area contributed by atoms with Crippen molar-refractivity contribution >= 4 is 47.8 Å². The molecule has 0 aromatic rings. The zero-order valence-electron chi connectivity index (χ0n) is 51.5. The summed E-state index contributed by atoms with van der Waals surface area (Å²) in [5.74, 6) is -3.56. The first-order chi connectivity index (χ1) is 39.8. The van der Waals surface area contributed by atoms with Gasteiger partial charge >= 0.3 is 47.8 Å². The first-order valence-electron chi connectivity index (χ1n) is 31.2. The largest absolute Gasteiger partial charge is 0.466 e. The standard InChI is InChI=1S/C63H109N3O16/c1-6-10-14-18-22-26-48-75-60(71)36-52-79-56(67)32-44-65(45-33-57(68)80-53-37-61(72)76-49-27-23-19-15-11-7-2)42-30-40-64(5)41-31-43-66(46-34-58(69)81-54-38-62(73)77-50-28-24-20-16-12-8-3)47-35-59(70)82-55-39-63(74)78-51-29-25-21-17-13-9-4/h10-12,14-16H,6-9,13,17-55H2,1-5H3/b14-10-,15-11-,16-12-. The van der Waals surface area contributed by atoms with Crippen molar-refractivity contribution in [3.05, 3.63) is 36.5 Å². The molecule has 0 aromatic heterocycles. The number of rotatable bonds is 57. The normalized spacial score (nSPS) is 11.5. The van der Waals surface area contributed by atoms with Crippen molar-refractivity contribution in [1.82, 2.24) is 14.7 Å². The first-order valence-corrected chi connectivity index (χ1v) is 31.2. The van der Waals surface area contributed by atoms with E-state index in [0.29, 0.717) is 91.6 Å². The summed E-state index contributed by atoms with van der Waals surface area (Å²) in [6.07, 6.45) is 31.3. The van der Waals surface area contributed by atoms with Gasteiger partial charge in [0.1, 0.15) is 26.4 Å². The van der Waals surface area contributed by atoms with Gasteiger partial charge in [0.15, 0.2) is 0 Å². The van der Waals surface area contributed by atoms with Crippen LogP contribution in [0.25, 0.3) is 0 Å². The number of allylic oxidation sites excluding steroid dienone is 6. The second kappa shape index (κ2) is 57.7. The van der Waals surface area contributed by atoms with Crippen molar-refractivity contribution in [1.29, 1.82) is 0 Å². The second-order valence-corrected chi connectivity index (χ2v) is 20.4. The summed E-state index contributed by atoms with van der Waals surface area (Å²) in [6.45, 7) is 13.0. The monoisotopic (exact) mass is 1160 g/mol. The van der Waals surface area contributed by atoms with Crippen LogP contribution in [-0.4, -0.2) is 175 Å². The quantitative estimate of drug-likeness (QED) is 0.0239. The molecule has 0 heterocycles. The zero-order chi connectivity index (χ0) is 60.4. The van der Waals surface area contributed by atoms with E-state index < -0.39 is 47.8 Å². The molecule has 0 aliphatic rings. The van der Waals surface area contributed by atoms with Crippen LogP contribution >= 0.6 is 0 Å². The molecular weight excluding hydrogens is 1050 g/mol. The lowest BCUT2D eigenvalue weighted by atomic mass is 10.1. The Balaban J connectivity index is 5.32. The molecule has 0 saturated heterocycles. The summed E-state index contributed by atoms with van der Waals surface area (Å²) in [6, 6.07) is 0. The second-order valence-electron chi connectivity index (χ2n) is 20.4. The minimum Gasteiger partial charge on any atom is -0.466 e. The van der Waals surface area contributed by atoms with E-state index >= 15 is 0 Å². The average molecular weight is 1160 g/mol. The van der Waals surface area contributed by atoms with Gasteiger partial charge in [-0.15, -0.1) is 0 Å². The van der Waals surface area contributed by atoms with Gasteiger partial charge in [0, 0.05) is 26.2 Å². The highest BCUT2D eigenvalue weighted by atomic mass is 16.6. The Hall–Kier alpha value is -5.14. The molecule has 0 spiro atoms. The Morgan fingerprint density at radius 3 is 0.817 bits per heavy atom. The molecule has 0 unspecified atom stereocenters. The SMILES string of the molecule is CC/C=C\CCCCOC(=O)CCOC(=O)CCN(CCCN(C)CCCN(CCC(=O)OCCC(=O)OCCCC/C=C\CC)CCC(=O)OCCC(=O)OCCCCCCCC)CCC(=O)OCCC(=O)OCCCC/C=C\CC. The number of carbonyl (C=O) groups excluding carboxylic acids is 8. The van der Waals surface area contributed by atoms with Gasteiger partial charge < -0.3 is 52.6 Å². The van der Waals surface area contributed by atoms with Gasteiger partial charge in [-0.2, -0.15) is 0 Å². The highest BCUT2D eigenvalue weighted by molar-refractivity contribution is 5.74. The number of ether oxygens (including phenoxy) is 8. The van der Waals surface area contributed by atoms with Crippen molar-refractivity contribution in [2.75, 3.05) is 112 Å². The molecule has 0 bridgehead atoms. The van der Waals surface area contributed by atoms with E-state index in [-0.39, 0.29) is 77.8 Å². The van der Waals surface area contributed by atoms with Crippen LogP contribution in [0, 0.1) is 0 Å². The molecule has 0 fully saturated rings. The molecular formula is C63H109N3O16.